The monoisotopic (exact) mass is 424 g/mol. The van der Waals surface area contributed by atoms with Crippen LogP contribution in [0.2, 0.25) is 0 Å². The van der Waals surface area contributed by atoms with Crippen LogP contribution in [-0.4, -0.2) is 39.4 Å². The molecule has 0 heterocycles. The van der Waals surface area contributed by atoms with E-state index >= 15 is 0 Å². The molecule has 0 aromatic heterocycles. The number of rotatable bonds is 12. The molecule has 2 aromatic rings. The molecule has 0 radical (unpaired) electrons. The summed E-state index contributed by atoms with van der Waals surface area (Å²) in [5.41, 5.74) is 1.81. The standard InChI is InChI=1S/C25H28O6/c1-28-24(26)16-10-20-6-12-22(13-7-20)30-18-4-3-5-19-31-23-14-8-21(9-15-23)11-17-25(27)29-2/h6-17H,3-5,18-19H2,1-2H3/b16-10+,17-11+. The summed E-state index contributed by atoms with van der Waals surface area (Å²) in [6, 6.07) is 15.1. The van der Waals surface area contributed by atoms with Crippen molar-refractivity contribution in [2.24, 2.45) is 0 Å². The van der Waals surface area contributed by atoms with Gasteiger partial charge in [0.25, 0.3) is 0 Å². The first-order valence-corrected chi connectivity index (χ1v) is 10.1. The third kappa shape index (κ3) is 9.67. The fourth-order valence-corrected chi connectivity index (χ4v) is 2.58. The number of ether oxygens (including phenoxy) is 4. The largest absolute Gasteiger partial charge is 0.494 e. The molecule has 164 valence electrons. The van der Waals surface area contributed by atoms with Gasteiger partial charge in [0.05, 0.1) is 27.4 Å². The van der Waals surface area contributed by atoms with Crippen molar-refractivity contribution in [3.8, 4) is 11.5 Å². The van der Waals surface area contributed by atoms with Crippen LogP contribution >= 0.6 is 0 Å². The van der Waals surface area contributed by atoms with Crippen LogP contribution in [0.25, 0.3) is 12.2 Å². The molecule has 6 nitrogen and oxygen atoms in total. The molecule has 0 saturated carbocycles. The Kier molecular flexibility index (Phi) is 10.4. The van der Waals surface area contributed by atoms with Gasteiger partial charge in [0.1, 0.15) is 11.5 Å². The third-order valence-electron chi connectivity index (χ3n) is 4.31. The topological polar surface area (TPSA) is 71.1 Å². The minimum absolute atomic E-state index is 0.380. The van der Waals surface area contributed by atoms with E-state index in [1.54, 1.807) is 12.2 Å². The van der Waals surface area contributed by atoms with Crippen LogP contribution < -0.4 is 9.47 Å². The van der Waals surface area contributed by atoms with Gasteiger partial charge in [-0.3, -0.25) is 0 Å². The first kappa shape index (κ1) is 23.7. The van der Waals surface area contributed by atoms with Gasteiger partial charge in [-0.2, -0.15) is 0 Å². The molecule has 6 heteroatoms. The molecule has 0 fully saturated rings. The van der Waals surface area contributed by atoms with Gasteiger partial charge in [-0.05, 0) is 66.8 Å². The van der Waals surface area contributed by atoms with Gasteiger partial charge in [-0.1, -0.05) is 24.3 Å². The first-order valence-electron chi connectivity index (χ1n) is 10.1. The molecule has 0 N–H and O–H groups in total. The van der Waals surface area contributed by atoms with E-state index in [1.807, 2.05) is 48.5 Å². The summed E-state index contributed by atoms with van der Waals surface area (Å²) in [5, 5.41) is 0. The van der Waals surface area contributed by atoms with Crippen LogP contribution in [0.1, 0.15) is 30.4 Å². The molecule has 2 rings (SSSR count). The molecule has 0 aliphatic heterocycles. The van der Waals surface area contributed by atoms with E-state index in [2.05, 4.69) is 9.47 Å². The second-order valence-corrected chi connectivity index (χ2v) is 6.61. The van der Waals surface area contributed by atoms with Crippen molar-refractivity contribution < 1.29 is 28.5 Å². The summed E-state index contributed by atoms with van der Waals surface area (Å²) in [5.74, 6) is 0.837. The van der Waals surface area contributed by atoms with Gasteiger partial charge in [0.2, 0.25) is 0 Å². The van der Waals surface area contributed by atoms with E-state index in [4.69, 9.17) is 9.47 Å². The molecule has 0 spiro atoms. The molecular formula is C25H28O6. The molecule has 0 aliphatic carbocycles. The highest BCUT2D eigenvalue weighted by atomic mass is 16.5. The van der Waals surface area contributed by atoms with Crippen molar-refractivity contribution in [1.82, 2.24) is 0 Å². The van der Waals surface area contributed by atoms with E-state index in [1.165, 1.54) is 26.4 Å². The number of methoxy groups -OCH3 is 2. The quantitative estimate of drug-likeness (QED) is 0.280. The minimum atomic E-state index is -0.380. The second kappa shape index (κ2) is 13.6. The van der Waals surface area contributed by atoms with E-state index < -0.39 is 0 Å². The third-order valence-corrected chi connectivity index (χ3v) is 4.31. The lowest BCUT2D eigenvalue weighted by Gasteiger charge is -2.08. The zero-order valence-electron chi connectivity index (χ0n) is 17.9. The maximum absolute atomic E-state index is 11.1. The fraction of sp³-hybridized carbons (Fsp3) is 0.280. The normalized spacial score (nSPS) is 10.9. The highest BCUT2D eigenvalue weighted by molar-refractivity contribution is 5.87. The molecule has 0 amide bonds. The highest BCUT2D eigenvalue weighted by Gasteiger charge is 1.98. The second-order valence-electron chi connectivity index (χ2n) is 6.61. The average Bonchev–Trinajstić information content (AvgIpc) is 2.81. The van der Waals surface area contributed by atoms with Crippen molar-refractivity contribution >= 4 is 24.1 Å². The van der Waals surface area contributed by atoms with Crippen LogP contribution in [0.15, 0.2) is 60.7 Å². The Bertz CT molecular complexity index is 792. The number of carbonyl (C=O) groups is 2. The predicted octanol–water partition coefficient (Wildman–Crippen LogP) is 4.69. The summed E-state index contributed by atoms with van der Waals surface area (Å²) in [4.78, 5) is 22.2. The number of unbranched alkanes of at least 4 members (excludes halogenated alkanes) is 2. The average molecular weight is 424 g/mol. The molecule has 2 aromatic carbocycles. The maximum atomic E-state index is 11.1. The van der Waals surface area contributed by atoms with Gasteiger partial charge in [-0.15, -0.1) is 0 Å². The lowest BCUT2D eigenvalue weighted by molar-refractivity contribution is -0.135. The Morgan fingerprint density at radius 2 is 1.03 bits per heavy atom. The van der Waals surface area contributed by atoms with E-state index in [-0.39, 0.29) is 11.9 Å². The van der Waals surface area contributed by atoms with Gasteiger partial charge in [0, 0.05) is 12.2 Å². The number of hydrogen-bond acceptors (Lipinski definition) is 6. The van der Waals surface area contributed by atoms with Crippen molar-refractivity contribution in [3.05, 3.63) is 71.8 Å². The van der Waals surface area contributed by atoms with Crippen LogP contribution in [-0.2, 0) is 19.1 Å². The molecule has 31 heavy (non-hydrogen) atoms. The number of carbonyl (C=O) groups excluding carboxylic acids is 2. The van der Waals surface area contributed by atoms with Crippen molar-refractivity contribution in [1.29, 1.82) is 0 Å². The Balaban J connectivity index is 1.58. The summed E-state index contributed by atoms with van der Waals surface area (Å²) < 4.78 is 20.6. The van der Waals surface area contributed by atoms with Gasteiger partial charge in [0.15, 0.2) is 0 Å². The number of benzene rings is 2. The first-order chi connectivity index (χ1) is 15.1. The summed E-state index contributed by atoms with van der Waals surface area (Å²) >= 11 is 0. The Morgan fingerprint density at radius 3 is 1.39 bits per heavy atom. The summed E-state index contributed by atoms with van der Waals surface area (Å²) in [6.07, 6.45) is 9.03. The lowest BCUT2D eigenvalue weighted by atomic mass is 10.2. The predicted molar refractivity (Wildman–Crippen MR) is 120 cm³/mol. The maximum Gasteiger partial charge on any atom is 0.330 e. The number of esters is 2. The zero-order valence-corrected chi connectivity index (χ0v) is 17.9. The summed E-state index contributed by atoms with van der Waals surface area (Å²) in [7, 11) is 2.70. The number of hydrogen-bond donors (Lipinski definition) is 0. The lowest BCUT2D eigenvalue weighted by Crippen LogP contribution is -2.01. The van der Waals surface area contributed by atoms with Gasteiger partial charge < -0.3 is 18.9 Å². The zero-order chi connectivity index (χ0) is 22.3. The van der Waals surface area contributed by atoms with Gasteiger partial charge >= 0.3 is 11.9 Å². The molecule has 0 saturated heterocycles. The highest BCUT2D eigenvalue weighted by Crippen LogP contribution is 2.15. The fourth-order valence-electron chi connectivity index (χ4n) is 2.58. The smallest absolute Gasteiger partial charge is 0.330 e. The molecule has 0 unspecified atom stereocenters. The summed E-state index contributed by atoms with van der Waals surface area (Å²) in [6.45, 7) is 1.27. The Hall–Kier alpha value is -3.54. The van der Waals surface area contributed by atoms with Gasteiger partial charge in [-0.25, -0.2) is 9.59 Å². The van der Waals surface area contributed by atoms with Crippen molar-refractivity contribution in [2.75, 3.05) is 27.4 Å². The molecule has 0 atom stereocenters. The molecular weight excluding hydrogens is 396 g/mol. The van der Waals surface area contributed by atoms with Crippen LogP contribution in [0.3, 0.4) is 0 Å². The SMILES string of the molecule is COC(=O)/C=C/c1ccc(OCCCCCOc2ccc(/C=C/C(=O)OC)cc2)cc1. The Labute approximate surface area is 183 Å². The van der Waals surface area contributed by atoms with Crippen LogP contribution in [0, 0.1) is 0 Å². The van der Waals surface area contributed by atoms with E-state index in [0.717, 1.165) is 41.9 Å². The van der Waals surface area contributed by atoms with Crippen molar-refractivity contribution in [2.45, 2.75) is 19.3 Å². The Morgan fingerprint density at radius 1 is 0.645 bits per heavy atom. The van der Waals surface area contributed by atoms with Crippen LogP contribution in [0.4, 0.5) is 0 Å². The minimum Gasteiger partial charge on any atom is -0.494 e. The van der Waals surface area contributed by atoms with Crippen molar-refractivity contribution in [3.63, 3.8) is 0 Å². The van der Waals surface area contributed by atoms with E-state index in [0.29, 0.717) is 13.2 Å². The molecule has 0 bridgehead atoms. The molecule has 0 aliphatic rings. The van der Waals surface area contributed by atoms with Crippen LogP contribution in [0.5, 0.6) is 11.5 Å². The van der Waals surface area contributed by atoms with E-state index in [9.17, 15) is 9.59 Å².